The van der Waals surface area contributed by atoms with Gasteiger partial charge in [0.1, 0.15) is 0 Å². The Hall–Kier alpha value is -1.77. The number of rotatable bonds is 3. The number of benzene rings is 1. The van der Waals surface area contributed by atoms with Crippen molar-refractivity contribution in [3.05, 3.63) is 42.5 Å². The SMILES string of the molecule is C=CCN(C)C(=O)c1cccc(N)c1. The highest BCUT2D eigenvalue weighted by Crippen LogP contribution is 2.08. The lowest BCUT2D eigenvalue weighted by atomic mass is 10.2. The molecule has 1 aromatic rings. The van der Waals surface area contributed by atoms with E-state index in [9.17, 15) is 4.79 Å². The van der Waals surface area contributed by atoms with Crippen LogP contribution in [-0.4, -0.2) is 24.4 Å². The van der Waals surface area contributed by atoms with Crippen LogP contribution in [0.15, 0.2) is 36.9 Å². The molecule has 0 spiro atoms. The highest BCUT2D eigenvalue weighted by atomic mass is 16.2. The summed E-state index contributed by atoms with van der Waals surface area (Å²) in [5.74, 6) is -0.0443. The van der Waals surface area contributed by atoms with Crippen LogP contribution < -0.4 is 5.73 Å². The summed E-state index contributed by atoms with van der Waals surface area (Å²) < 4.78 is 0. The van der Waals surface area contributed by atoms with Crippen LogP contribution in [0.1, 0.15) is 10.4 Å². The lowest BCUT2D eigenvalue weighted by Gasteiger charge is -2.14. The zero-order chi connectivity index (χ0) is 10.6. The van der Waals surface area contributed by atoms with Crippen molar-refractivity contribution in [2.45, 2.75) is 0 Å². The highest BCUT2D eigenvalue weighted by molar-refractivity contribution is 5.94. The molecule has 0 unspecified atom stereocenters. The second kappa shape index (κ2) is 4.46. The van der Waals surface area contributed by atoms with E-state index in [1.54, 1.807) is 42.3 Å². The van der Waals surface area contributed by atoms with Crippen molar-refractivity contribution in [3.63, 3.8) is 0 Å². The first-order valence-corrected chi connectivity index (χ1v) is 4.37. The van der Waals surface area contributed by atoms with Crippen molar-refractivity contribution in [2.24, 2.45) is 0 Å². The summed E-state index contributed by atoms with van der Waals surface area (Å²) in [7, 11) is 1.73. The fourth-order valence-electron chi connectivity index (χ4n) is 1.17. The average molecular weight is 190 g/mol. The van der Waals surface area contributed by atoms with Gasteiger partial charge in [-0.2, -0.15) is 0 Å². The third kappa shape index (κ3) is 2.36. The molecule has 1 aromatic carbocycles. The van der Waals surface area contributed by atoms with E-state index in [1.807, 2.05) is 0 Å². The molecule has 74 valence electrons. The molecule has 3 heteroatoms. The number of nitrogen functional groups attached to an aromatic ring is 1. The number of amides is 1. The molecular weight excluding hydrogens is 176 g/mol. The minimum atomic E-state index is -0.0443. The van der Waals surface area contributed by atoms with Crippen molar-refractivity contribution in [2.75, 3.05) is 19.3 Å². The molecule has 0 saturated heterocycles. The van der Waals surface area contributed by atoms with Crippen LogP contribution in [0.2, 0.25) is 0 Å². The molecule has 0 fully saturated rings. The first kappa shape index (κ1) is 10.3. The molecule has 0 aliphatic heterocycles. The summed E-state index contributed by atoms with van der Waals surface area (Å²) in [4.78, 5) is 13.3. The van der Waals surface area contributed by atoms with Crippen LogP contribution in [0.4, 0.5) is 5.69 Å². The van der Waals surface area contributed by atoms with Crippen LogP contribution in [-0.2, 0) is 0 Å². The van der Waals surface area contributed by atoms with Gasteiger partial charge in [0.15, 0.2) is 0 Å². The number of hydrogen-bond donors (Lipinski definition) is 1. The maximum Gasteiger partial charge on any atom is 0.253 e. The zero-order valence-electron chi connectivity index (χ0n) is 8.23. The number of anilines is 1. The van der Waals surface area contributed by atoms with Crippen LogP contribution in [0.25, 0.3) is 0 Å². The smallest absolute Gasteiger partial charge is 0.253 e. The quantitative estimate of drug-likeness (QED) is 0.580. The van der Waals surface area contributed by atoms with E-state index in [0.717, 1.165) is 0 Å². The average Bonchev–Trinajstić information content (AvgIpc) is 2.17. The fourth-order valence-corrected chi connectivity index (χ4v) is 1.17. The minimum Gasteiger partial charge on any atom is -0.399 e. The molecule has 3 nitrogen and oxygen atoms in total. The summed E-state index contributed by atoms with van der Waals surface area (Å²) in [6, 6.07) is 6.94. The summed E-state index contributed by atoms with van der Waals surface area (Å²) >= 11 is 0. The summed E-state index contributed by atoms with van der Waals surface area (Å²) in [5.41, 5.74) is 6.79. The maximum atomic E-state index is 11.7. The Morgan fingerprint density at radius 3 is 2.93 bits per heavy atom. The fraction of sp³-hybridized carbons (Fsp3) is 0.182. The van der Waals surface area contributed by atoms with Gasteiger partial charge in [0.25, 0.3) is 5.91 Å². The Morgan fingerprint density at radius 2 is 2.36 bits per heavy atom. The van der Waals surface area contributed by atoms with E-state index in [4.69, 9.17) is 5.73 Å². The number of likely N-dealkylation sites (N-methyl/N-ethyl adjacent to an activating group) is 1. The van der Waals surface area contributed by atoms with Gasteiger partial charge < -0.3 is 10.6 Å². The lowest BCUT2D eigenvalue weighted by molar-refractivity contribution is 0.0810. The van der Waals surface area contributed by atoms with Crippen molar-refractivity contribution in [1.29, 1.82) is 0 Å². The van der Waals surface area contributed by atoms with E-state index in [-0.39, 0.29) is 5.91 Å². The number of carbonyl (C=O) groups is 1. The molecule has 1 rings (SSSR count). The Labute approximate surface area is 83.8 Å². The van der Waals surface area contributed by atoms with Crippen molar-refractivity contribution >= 4 is 11.6 Å². The van der Waals surface area contributed by atoms with E-state index in [0.29, 0.717) is 17.8 Å². The van der Waals surface area contributed by atoms with Crippen molar-refractivity contribution < 1.29 is 4.79 Å². The monoisotopic (exact) mass is 190 g/mol. The number of carbonyl (C=O) groups excluding carboxylic acids is 1. The molecular formula is C11H14N2O. The lowest BCUT2D eigenvalue weighted by Crippen LogP contribution is -2.26. The Kier molecular flexibility index (Phi) is 3.29. The molecule has 14 heavy (non-hydrogen) atoms. The van der Waals surface area contributed by atoms with Gasteiger partial charge in [0, 0.05) is 24.8 Å². The molecule has 2 N–H and O–H groups in total. The standard InChI is InChI=1S/C11H14N2O/c1-3-7-13(2)11(14)9-5-4-6-10(12)8-9/h3-6,8H,1,7,12H2,2H3. The maximum absolute atomic E-state index is 11.7. The first-order valence-electron chi connectivity index (χ1n) is 4.37. The van der Waals surface area contributed by atoms with Crippen molar-refractivity contribution in [3.8, 4) is 0 Å². The first-order chi connectivity index (χ1) is 6.65. The Balaban J connectivity index is 2.83. The summed E-state index contributed by atoms with van der Waals surface area (Å²) in [6.07, 6.45) is 1.68. The van der Waals surface area contributed by atoms with Crippen LogP contribution in [0.5, 0.6) is 0 Å². The van der Waals surface area contributed by atoms with Gasteiger partial charge in [0.05, 0.1) is 0 Å². The molecule has 0 heterocycles. The molecule has 0 aliphatic rings. The largest absolute Gasteiger partial charge is 0.399 e. The molecule has 0 aliphatic carbocycles. The normalized spacial score (nSPS) is 9.50. The van der Waals surface area contributed by atoms with Gasteiger partial charge in [-0.1, -0.05) is 12.1 Å². The third-order valence-corrected chi connectivity index (χ3v) is 1.88. The van der Waals surface area contributed by atoms with Crippen LogP contribution >= 0.6 is 0 Å². The molecule has 0 atom stereocenters. The van der Waals surface area contributed by atoms with E-state index >= 15 is 0 Å². The van der Waals surface area contributed by atoms with Gasteiger partial charge >= 0.3 is 0 Å². The predicted octanol–water partition coefficient (Wildman–Crippen LogP) is 1.53. The van der Waals surface area contributed by atoms with E-state index in [1.165, 1.54) is 0 Å². The molecule has 0 saturated carbocycles. The zero-order valence-corrected chi connectivity index (χ0v) is 8.23. The molecule has 0 radical (unpaired) electrons. The third-order valence-electron chi connectivity index (χ3n) is 1.88. The predicted molar refractivity (Wildman–Crippen MR) is 58.0 cm³/mol. The topological polar surface area (TPSA) is 46.3 Å². The summed E-state index contributed by atoms with van der Waals surface area (Å²) in [5, 5.41) is 0. The number of nitrogens with two attached hydrogens (primary N) is 1. The molecule has 1 amide bonds. The number of nitrogens with zero attached hydrogens (tertiary/aromatic N) is 1. The van der Waals surface area contributed by atoms with E-state index < -0.39 is 0 Å². The summed E-state index contributed by atoms with van der Waals surface area (Å²) in [6.45, 7) is 4.11. The van der Waals surface area contributed by atoms with Gasteiger partial charge in [-0.3, -0.25) is 4.79 Å². The second-order valence-corrected chi connectivity index (χ2v) is 3.10. The van der Waals surface area contributed by atoms with Gasteiger partial charge in [-0.25, -0.2) is 0 Å². The second-order valence-electron chi connectivity index (χ2n) is 3.10. The minimum absolute atomic E-state index is 0.0443. The van der Waals surface area contributed by atoms with Gasteiger partial charge in [0.2, 0.25) is 0 Å². The molecule has 0 bridgehead atoms. The Morgan fingerprint density at radius 1 is 1.64 bits per heavy atom. The number of hydrogen-bond acceptors (Lipinski definition) is 2. The molecule has 0 aromatic heterocycles. The van der Waals surface area contributed by atoms with E-state index in [2.05, 4.69) is 6.58 Å². The van der Waals surface area contributed by atoms with Gasteiger partial charge in [-0.15, -0.1) is 6.58 Å². The Bertz CT molecular complexity index is 347. The van der Waals surface area contributed by atoms with Crippen LogP contribution in [0, 0.1) is 0 Å². The van der Waals surface area contributed by atoms with Gasteiger partial charge in [-0.05, 0) is 18.2 Å². The van der Waals surface area contributed by atoms with Crippen molar-refractivity contribution in [1.82, 2.24) is 4.90 Å². The van der Waals surface area contributed by atoms with Crippen LogP contribution in [0.3, 0.4) is 0 Å². The highest BCUT2D eigenvalue weighted by Gasteiger charge is 2.09.